The minimum absolute atomic E-state index is 0.0228. The molecule has 3 amide bonds. The molecular weight excluding hydrogens is 237 g/mol. The standard InChI is InChI=1S/C10H15F3N2O2/c1-7(2)14-5-3-4-8(16)15(9(14)17)6-10(11,12)13/h7H,3-6H2,1-2H3. The fourth-order valence-electron chi connectivity index (χ4n) is 1.71. The third-order valence-corrected chi connectivity index (χ3v) is 2.53. The third-order valence-electron chi connectivity index (χ3n) is 2.53. The maximum Gasteiger partial charge on any atom is 0.406 e. The largest absolute Gasteiger partial charge is 0.406 e. The predicted octanol–water partition coefficient (Wildman–Crippen LogP) is 2.00. The van der Waals surface area contributed by atoms with Crippen molar-refractivity contribution in [1.29, 1.82) is 0 Å². The molecule has 0 aromatic rings. The summed E-state index contributed by atoms with van der Waals surface area (Å²) in [6.07, 6.45) is -4.18. The zero-order valence-electron chi connectivity index (χ0n) is 9.75. The summed E-state index contributed by atoms with van der Waals surface area (Å²) >= 11 is 0. The van der Waals surface area contributed by atoms with Crippen LogP contribution < -0.4 is 0 Å². The second-order valence-corrected chi connectivity index (χ2v) is 4.27. The highest BCUT2D eigenvalue weighted by Gasteiger charge is 2.39. The van der Waals surface area contributed by atoms with Crippen LogP contribution in [0.25, 0.3) is 0 Å². The summed E-state index contributed by atoms with van der Waals surface area (Å²) in [4.78, 5) is 24.8. The molecule has 0 aliphatic carbocycles. The SMILES string of the molecule is CC(C)N1CCCC(=O)N(CC(F)(F)F)C1=O. The minimum Gasteiger partial charge on any atom is -0.322 e. The first-order valence-corrected chi connectivity index (χ1v) is 5.40. The lowest BCUT2D eigenvalue weighted by atomic mass is 10.2. The number of nitrogens with zero attached hydrogens (tertiary/aromatic N) is 2. The van der Waals surface area contributed by atoms with E-state index in [1.54, 1.807) is 13.8 Å². The Bertz CT molecular complexity index is 315. The van der Waals surface area contributed by atoms with Crippen LogP contribution in [0.1, 0.15) is 26.7 Å². The van der Waals surface area contributed by atoms with Gasteiger partial charge in [-0.1, -0.05) is 0 Å². The molecule has 0 radical (unpaired) electrons. The number of carbonyl (C=O) groups is 2. The summed E-state index contributed by atoms with van der Waals surface area (Å²) in [5, 5.41) is 0. The van der Waals surface area contributed by atoms with Crippen LogP contribution in [0.2, 0.25) is 0 Å². The smallest absolute Gasteiger partial charge is 0.322 e. The molecule has 0 bridgehead atoms. The monoisotopic (exact) mass is 252 g/mol. The van der Waals surface area contributed by atoms with Crippen LogP contribution >= 0.6 is 0 Å². The number of imide groups is 1. The average molecular weight is 252 g/mol. The topological polar surface area (TPSA) is 40.6 Å². The molecule has 1 rings (SSSR count). The van der Waals surface area contributed by atoms with Gasteiger partial charge >= 0.3 is 12.2 Å². The Kier molecular flexibility index (Phi) is 4.00. The molecule has 0 unspecified atom stereocenters. The maximum absolute atomic E-state index is 12.3. The molecule has 0 atom stereocenters. The number of halogens is 3. The van der Waals surface area contributed by atoms with Crippen molar-refractivity contribution in [3.8, 4) is 0 Å². The zero-order chi connectivity index (χ0) is 13.2. The highest BCUT2D eigenvalue weighted by molar-refractivity contribution is 5.95. The fraction of sp³-hybridized carbons (Fsp3) is 0.800. The van der Waals surface area contributed by atoms with E-state index in [-0.39, 0.29) is 12.5 Å². The van der Waals surface area contributed by atoms with Gasteiger partial charge < -0.3 is 4.90 Å². The molecule has 0 N–H and O–H groups in total. The summed E-state index contributed by atoms with van der Waals surface area (Å²) in [7, 11) is 0. The van der Waals surface area contributed by atoms with E-state index in [4.69, 9.17) is 0 Å². The highest BCUT2D eigenvalue weighted by Crippen LogP contribution is 2.21. The van der Waals surface area contributed by atoms with Crippen LogP contribution in [-0.2, 0) is 4.79 Å². The van der Waals surface area contributed by atoms with E-state index in [0.717, 1.165) is 0 Å². The Labute approximate surface area is 97.4 Å². The number of hydrogen-bond acceptors (Lipinski definition) is 2. The van der Waals surface area contributed by atoms with Crippen molar-refractivity contribution in [3.05, 3.63) is 0 Å². The van der Waals surface area contributed by atoms with Gasteiger partial charge in [0.05, 0.1) is 0 Å². The summed E-state index contributed by atoms with van der Waals surface area (Å²) in [5.41, 5.74) is 0. The van der Waals surface area contributed by atoms with E-state index < -0.39 is 24.7 Å². The van der Waals surface area contributed by atoms with Crippen molar-refractivity contribution in [2.24, 2.45) is 0 Å². The third kappa shape index (κ3) is 3.61. The van der Waals surface area contributed by atoms with Gasteiger partial charge in [-0.3, -0.25) is 9.69 Å². The van der Waals surface area contributed by atoms with Gasteiger partial charge in [-0.25, -0.2) is 4.79 Å². The second kappa shape index (κ2) is 4.93. The first kappa shape index (κ1) is 13.8. The van der Waals surface area contributed by atoms with Gasteiger partial charge in [0, 0.05) is 19.0 Å². The van der Waals surface area contributed by atoms with Crippen LogP contribution in [-0.4, -0.2) is 47.0 Å². The van der Waals surface area contributed by atoms with Crippen LogP contribution in [0.15, 0.2) is 0 Å². The van der Waals surface area contributed by atoms with E-state index in [1.807, 2.05) is 0 Å². The lowest BCUT2D eigenvalue weighted by Gasteiger charge is -2.29. The van der Waals surface area contributed by atoms with Crippen molar-refractivity contribution in [1.82, 2.24) is 9.80 Å². The van der Waals surface area contributed by atoms with Gasteiger partial charge in [-0.2, -0.15) is 13.2 Å². The predicted molar refractivity (Wildman–Crippen MR) is 54.2 cm³/mol. The summed E-state index contributed by atoms with van der Waals surface area (Å²) < 4.78 is 36.8. The van der Waals surface area contributed by atoms with Crippen molar-refractivity contribution < 1.29 is 22.8 Å². The minimum atomic E-state index is -4.56. The lowest BCUT2D eigenvalue weighted by Crippen LogP contribution is -2.49. The Morgan fingerprint density at radius 3 is 2.35 bits per heavy atom. The van der Waals surface area contributed by atoms with Crippen LogP contribution in [0, 0.1) is 0 Å². The molecule has 0 aromatic carbocycles. The average Bonchev–Trinajstić information content (AvgIpc) is 2.28. The van der Waals surface area contributed by atoms with Crippen LogP contribution in [0.3, 0.4) is 0 Å². The molecule has 4 nitrogen and oxygen atoms in total. The molecule has 1 saturated heterocycles. The Morgan fingerprint density at radius 1 is 1.29 bits per heavy atom. The highest BCUT2D eigenvalue weighted by atomic mass is 19.4. The normalized spacial score (nSPS) is 18.9. The molecule has 1 aliphatic rings. The van der Waals surface area contributed by atoms with E-state index in [9.17, 15) is 22.8 Å². The number of alkyl halides is 3. The molecule has 98 valence electrons. The molecule has 0 aromatic heterocycles. The zero-order valence-corrected chi connectivity index (χ0v) is 9.75. The molecule has 1 aliphatic heterocycles. The van der Waals surface area contributed by atoms with Crippen molar-refractivity contribution >= 4 is 11.9 Å². The second-order valence-electron chi connectivity index (χ2n) is 4.27. The lowest BCUT2D eigenvalue weighted by molar-refractivity contribution is -0.155. The number of amides is 3. The molecule has 7 heteroatoms. The quantitative estimate of drug-likeness (QED) is 0.754. The molecule has 0 spiro atoms. The van der Waals surface area contributed by atoms with Crippen LogP contribution in [0.5, 0.6) is 0 Å². The van der Waals surface area contributed by atoms with Crippen molar-refractivity contribution in [3.63, 3.8) is 0 Å². The Balaban J connectivity index is 2.89. The first-order chi connectivity index (χ1) is 7.72. The van der Waals surface area contributed by atoms with Gasteiger partial charge in [-0.05, 0) is 20.3 Å². The van der Waals surface area contributed by atoms with Gasteiger partial charge in [0.15, 0.2) is 0 Å². The molecule has 1 fully saturated rings. The number of urea groups is 1. The molecule has 17 heavy (non-hydrogen) atoms. The van der Waals surface area contributed by atoms with Gasteiger partial charge in [0.1, 0.15) is 6.54 Å². The van der Waals surface area contributed by atoms with E-state index in [1.165, 1.54) is 4.90 Å². The number of rotatable bonds is 2. The van der Waals surface area contributed by atoms with Crippen LogP contribution in [0.4, 0.5) is 18.0 Å². The van der Waals surface area contributed by atoms with E-state index in [0.29, 0.717) is 17.9 Å². The molecular formula is C10H15F3N2O2. The summed E-state index contributed by atoms with van der Waals surface area (Å²) in [5.74, 6) is -0.754. The van der Waals surface area contributed by atoms with Gasteiger partial charge in [0.2, 0.25) is 5.91 Å². The van der Waals surface area contributed by atoms with Gasteiger partial charge in [-0.15, -0.1) is 0 Å². The maximum atomic E-state index is 12.3. The van der Waals surface area contributed by atoms with E-state index in [2.05, 4.69) is 0 Å². The summed E-state index contributed by atoms with van der Waals surface area (Å²) in [6.45, 7) is 2.23. The fourth-order valence-corrected chi connectivity index (χ4v) is 1.71. The Morgan fingerprint density at radius 2 is 1.88 bits per heavy atom. The first-order valence-electron chi connectivity index (χ1n) is 5.40. The van der Waals surface area contributed by atoms with Gasteiger partial charge in [0.25, 0.3) is 0 Å². The number of hydrogen-bond donors (Lipinski definition) is 0. The number of carbonyl (C=O) groups excluding carboxylic acids is 2. The van der Waals surface area contributed by atoms with Crippen molar-refractivity contribution in [2.75, 3.05) is 13.1 Å². The van der Waals surface area contributed by atoms with E-state index >= 15 is 0 Å². The molecule has 0 saturated carbocycles. The Hall–Kier alpha value is -1.27. The summed E-state index contributed by atoms with van der Waals surface area (Å²) in [6, 6.07) is -1.07. The molecule has 1 heterocycles. The van der Waals surface area contributed by atoms with Crippen molar-refractivity contribution in [2.45, 2.75) is 38.9 Å².